The number of halogens is 2. The van der Waals surface area contributed by atoms with Crippen molar-refractivity contribution < 1.29 is 23.8 Å². The SMILES string of the molecule is CC(C)(Oc1ccc(CC(=O)O)cc1F)C(=O)Nc1ncc(Cl)s1. The van der Waals surface area contributed by atoms with Crippen molar-refractivity contribution in [3.8, 4) is 5.75 Å². The van der Waals surface area contributed by atoms with E-state index in [1.165, 1.54) is 32.2 Å². The molecule has 6 nitrogen and oxygen atoms in total. The first-order valence-corrected chi connectivity index (χ1v) is 7.99. The minimum atomic E-state index is -1.38. The van der Waals surface area contributed by atoms with E-state index in [4.69, 9.17) is 21.4 Å². The second-order valence-corrected chi connectivity index (χ2v) is 7.03. The van der Waals surface area contributed by atoms with Crippen molar-refractivity contribution in [1.29, 1.82) is 0 Å². The molecule has 0 fully saturated rings. The number of hydrogen-bond donors (Lipinski definition) is 2. The molecule has 0 atom stereocenters. The van der Waals surface area contributed by atoms with Crippen molar-refractivity contribution in [2.45, 2.75) is 25.9 Å². The maximum atomic E-state index is 14.0. The van der Waals surface area contributed by atoms with Gasteiger partial charge in [-0.3, -0.25) is 14.9 Å². The summed E-state index contributed by atoms with van der Waals surface area (Å²) in [5.74, 6) is -2.49. The number of benzene rings is 1. The van der Waals surface area contributed by atoms with Gasteiger partial charge in [-0.05, 0) is 31.5 Å². The molecule has 2 aromatic rings. The molecule has 0 aliphatic carbocycles. The largest absolute Gasteiger partial charge is 0.481 e. The van der Waals surface area contributed by atoms with E-state index in [1.807, 2.05) is 0 Å². The molecule has 1 aromatic heterocycles. The van der Waals surface area contributed by atoms with Crippen molar-refractivity contribution in [2.24, 2.45) is 0 Å². The Kier molecular flexibility index (Phi) is 5.40. The number of anilines is 1. The normalized spacial score (nSPS) is 11.2. The number of carbonyl (C=O) groups excluding carboxylic acids is 1. The Morgan fingerprint density at radius 3 is 2.71 bits per heavy atom. The van der Waals surface area contributed by atoms with Crippen LogP contribution < -0.4 is 10.1 Å². The first kappa shape index (κ1) is 18.2. The Hall–Kier alpha value is -2.19. The molecular formula is C15H14ClFN2O4S. The van der Waals surface area contributed by atoms with Gasteiger partial charge in [0, 0.05) is 0 Å². The smallest absolute Gasteiger partial charge is 0.307 e. The summed E-state index contributed by atoms with van der Waals surface area (Å²) >= 11 is 6.83. The molecule has 0 spiro atoms. The maximum Gasteiger partial charge on any atom is 0.307 e. The van der Waals surface area contributed by atoms with Gasteiger partial charge in [-0.25, -0.2) is 9.37 Å². The van der Waals surface area contributed by atoms with Crippen LogP contribution in [0.2, 0.25) is 4.34 Å². The highest BCUT2D eigenvalue weighted by Crippen LogP contribution is 2.26. The monoisotopic (exact) mass is 372 g/mol. The number of amides is 1. The molecule has 1 heterocycles. The van der Waals surface area contributed by atoms with Crippen LogP contribution in [0.3, 0.4) is 0 Å². The minimum absolute atomic E-state index is 0.151. The quantitative estimate of drug-likeness (QED) is 0.811. The second-order valence-electron chi connectivity index (χ2n) is 5.37. The summed E-state index contributed by atoms with van der Waals surface area (Å²) in [6, 6.07) is 3.79. The van der Waals surface area contributed by atoms with E-state index in [1.54, 1.807) is 0 Å². The zero-order chi connectivity index (χ0) is 17.9. The second kappa shape index (κ2) is 7.14. The van der Waals surface area contributed by atoms with E-state index in [-0.39, 0.29) is 12.2 Å². The first-order chi connectivity index (χ1) is 11.2. The molecule has 2 N–H and O–H groups in total. The predicted octanol–water partition coefficient (Wildman–Crippen LogP) is 3.36. The third-order valence-corrected chi connectivity index (χ3v) is 3.99. The molecule has 128 valence electrons. The van der Waals surface area contributed by atoms with Crippen molar-refractivity contribution >= 4 is 39.9 Å². The van der Waals surface area contributed by atoms with Crippen molar-refractivity contribution in [1.82, 2.24) is 4.98 Å². The minimum Gasteiger partial charge on any atom is -0.481 e. The molecule has 0 bridgehead atoms. The highest BCUT2D eigenvalue weighted by atomic mass is 35.5. The van der Waals surface area contributed by atoms with E-state index in [0.717, 1.165) is 17.4 Å². The lowest BCUT2D eigenvalue weighted by atomic mass is 10.1. The van der Waals surface area contributed by atoms with Gasteiger partial charge in [0.25, 0.3) is 5.91 Å². The number of nitrogens with zero attached hydrogens (tertiary/aromatic N) is 1. The van der Waals surface area contributed by atoms with Gasteiger partial charge >= 0.3 is 5.97 Å². The molecule has 24 heavy (non-hydrogen) atoms. The van der Waals surface area contributed by atoms with E-state index in [0.29, 0.717) is 15.0 Å². The Labute approximate surface area is 146 Å². The van der Waals surface area contributed by atoms with Gasteiger partial charge in [-0.2, -0.15) is 0 Å². The fourth-order valence-corrected chi connectivity index (χ4v) is 2.60. The number of rotatable bonds is 6. The molecule has 9 heteroatoms. The lowest BCUT2D eigenvalue weighted by Crippen LogP contribution is -2.42. The van der Waals surface area contributed by atoms with E-state index in [2.05, 4.69) is 10.3 Å². The number of nitrogens with one attached hydrogen (secondary N) is 1. The van der Waals surface area contributed by atoms with Gasteiger partial charge in [0.05, 0.1) is 12.6 Å². The molecular weight excluding hydrogens is 359 g/mol. The zero-order valence-corrected chi connectivity index (χ0v) is 14.4. The summed E-state index contributed by atoms with van der Waals surface area (Å²) in [7, 11) is 0. The first-order valence-electron chi connectivity index (χ1n) is 6.79. The van der Waals surface area contributed by atoms with Gasteiger partial charge in [-0.15, -0.1) is 0 Å². The standard InChI is InChI=1S/C15H14ClFN2O4S/c1-15(2,13(22)19-14-18-7-11(16)24-14)23-10-4-3-8(5-9(10)17)6-12(20)21/h3-5,7H,6H2,1-2H3,(H,20,21)(H,18,19,22). The Bertz CT molecular complexity index is 779. The summed E-state index contributed by atoms with van der Waals surface area (Å²) in [6.07, 6.45) is 1.10. The molecule has 2 rings (SSSR count). The van der Waals surface area contributed by atoms with Crippen LogP contribution in [0.15, 0.2) is 24.4 Å². The molecule has 0 unspecified atom stereocenters. The van der Waals surface area contributed by atoms with Crippen LogP contribution in [0.4, 0.5) is 9.52 Å². The third-order valence-electron chi connectivity index (χ3n) is 2.96. The number of hydrogen-bond acceptors (Lipinski definition) is 5. The number of carboxylic acids is 1. The van der Waals surface area contributed by atoms with Crippen LogP contribution in [-0.4, -0.2) is 27.6 Å². The van der Waals surface area contributed by atoms with Crippen LogP contribution in [0.25, 0.3) is 0 Å². The van der Waals surface area contributed by atoms with Crippen LogP contribution in [0.1, 0.15) is 19.4 Å². The number of ether oxygens (including phenoxy) is 1. The van der Waals surface area contributed by atoms with Gasteiger partial charge in [0.15, 0.2) is 22.3 Å². The Morgan fingerprint density at radius 2 is 2.17 bits per heavy atom. The van der Waals surface area contributed by atoms with Crippen molar-refractivity contribution in [3.05, 3.63) is 40.1 Å². The van der Waals surface area contributed by atoms with Gasteiger partial charge < -0.3 is 9.84 Å². The molecule has 1 aromatic carbocycles. The van der Waals surface area contributed by atoms with Crippen LogP contribution in [0, 0.1) is 5.82 Å². The Morgan fingerprint density at radius 1 is 1.46 bits per heavy atom. The van der Waals surface area contributed by atoms with Gasteiger partial charge in [-0.1, -0.05) is 29.0 Å². The number of aromatic nitrogens is 1. The van der Waals surface area contributed by atoms with Crippen LogP contribution in [-0.2, 0) is 16.0 Å². The summed E-state index contributed by atoms with van der Waals surface area (Å²) < 4.78 is 19.9. The van der Waals surface area contributed by atoms with E-state index < -0.39 is 23.3 Å². The molecule has 1 amide bonds. The summed E-state index contributed by atoms with van der Waals surface area (Å²) in [6.45, 7) is 2.95. The zero-order valence-electron chi connectivity index (χ0n) is 12.8. The lowest BCUT2D eigenvalue weighted by molar-refractivity contribution is -0.136. The summed E-state index contributed by atoms with van der Waals surface area (Å²) in [5.41, 5.74) is -1.08. The topological polar surface area (TPSA) is 88.5 Å². The van der Waals surface area contributed by atoms with Crippen LogP contribution in [0.5, 0.6) is 5.75 Å². The average molecular weight is 373 g/mol. The fourth-order valence-electron chi connectivity index (χ4n) is 1.79. The van der Waals surface area contributed by atoms with E-state index >= 15 is 0 Å². The molecule has 0 saturated carbocycles. The highest BCUT2D eigenvalue weighted by molar-refractivity contribution is 7.19. The highest BCUT2D eigenvalue weighted by Gasteiger charge is 2.31. The Balaban J connectivity index is 2.10. The fraction of sp³-hybridized carbons (Fsp3) is 0.267. The number of thiazole rings is 1. The lowest BCUT2D eigenvalue weighted by Gasteiger charge is -2.25. The molecule has 0 aliphatic rings. The summed E-state index contributed by atoms with van der Waals surface area (Å²) in [4.78, 5) is 26.8. The van der Waals surface area contributed by atoms with Crippen molar-refractivity contribution in [3.63, 3.8) is 0 Å². The average Bonchev–Trinajstić information content (AvgIpc) is 2.86. The predicted molar refractivity (Wildman–Crippen MR) is 88.2 cm³/mol. The van der Waals surface area contributed by atoms with Crippen LogP contribution >= 0.6 is 22.9 Å². The maximum absolute atomic E-state index is 14.0. The number of aliphatic carboxylic acids is 1. The summed E-state index contributed by atoms with van der Waals surface area (Å²) in [5, 5.41) is 11.6. The molecule has 0 radical (unpaired) electrons. The number of carbonyl (C=O) groups is 2. The molecule has 0 saturated heterocycles. The number of carboxylic acid groups (broad SMARTS) is 1. The third kappa shape index (κ3) is 4.65. The van der Waals surface area contributed by atoms with E-state index in [9.17, 15) is 14.0 Å². The van der Waals surface area contributed by atoms with Crippen molar-refractivity contribution in [2.75, 3.05) is 5.32 Å². The van der Waals surface area contributed by atoms with Gasteiger partial charge in [0.1, 0.15) is 4.34 Å². The molecule has 0 aliphatic heterocycles. The van der Waals surface area contributed by atoms with Gasteiger partial charge in [0.2, 0.25) is 0 Å².